The lowest BCUT2D eigenvalue weighted by molar-refractivity contribution is -0.146. The lowest BCUT2D eigenvalue weighted by atomic mass is 9.78. The Morgan fingerprint density at radius 1 is 1.27 bits per heavy atom. The highest BCUT2D eigenvalue weighted by atomic mass is 35.5. The number of alkyl halides is 1. The first-order chi connectivity index (χ1) is 10.0. The van der Waals surface area contributed by atoms with Crippen molar-refractivity contribution in [3.63, 3.8) is 0 Å². The fourth-order valence-corrected chi connectivity index (χ4v) is 2.80. The van der Waals surface area contributed by atoms with E-state index in [2.05, 4.69) is 0 Å². The van der Waals surface area contributed by atoms with Crippen LogP contribution in [0.25, 0.3) is 0 Å². The van der Waals surface area contributed by atoms with Gasteiger partial charge < -0.3 is 9.47 Å². The Morgan fingerprint density at radius 2 is 1.86 bits per heavy atom. The number of ether oxygens (including phenoxy) is 2. The quantitative estimate of drug-likeness (QED) is 0.466. The zero-order chi connectivity index (χ0) is 17.1. The molecule has 4 nitrogen and oxygen atoms in total. The molecule has 0 saturated carbocycles. The van der Waals surface area contributed by atoms with Crippen molar-refractivity contribution in [1.29, 1.82) is 0 Å². The third-order valence-corrected chi connectivity index (χ3v) is 3.34. The molecule has 0 bridgehead atoms. The molecular weight excluding hydrogens is 304 g/mol. The minimum absolute atomic E-state index is 0.141. The summed E-state index contributed by atoms with van der Waals surface area (Å²) in [5.74, 6) is -0.290. The molecule has 0 aliphatic rings. The fraction of sp³-hybridized carbons (Fsp3) is 0.529. The topological polar surface area (TPSA) is 52.6 Å². The van der Waals surface area contributed by atoms with Crippen LogP contribution in [0, 0.1) is 13.8 Å². The van der Waals surface area contributed by atoms with Crippen LogP contribution in [-0.4, -0.2) is 17.5 Å². The van der Waals surface area contributed by atoms with E-state index in [-0.39, 0.29) is 18.4 Å². The number of hydrogen-bond donors (Lipinski definition) is 0. The summed E-state index contributed by atoms with van der Waals surface area (Å²) >= 11 is 5.69. The molecule has 0 saturated heterocycles. The standard InChI is InChI=1S/C17H23ClO4/c1-10-7-11(2)16(14(8-10)22-13(4)19)17(5,6)9-15(20)21-12(3)18/h7-8,12H,9H2,1-6H3. The third-order valence-electron chi connectivity index (χ3n) is 3.25. The van der Waals surface area contributed by atoms with E-state index in [4.69, 9.17) is 21.1 Å². The first-order valence-electron chi connectivity index (χ1n) is 7.16. The maximum absolute atomic E-state index is 11.9. The van der Waals surface area contributed by atoms with E-state index in [1.165, 1.54) is 6.92 Å². The van der Waals surface area contributed by atoms with E-state index in [1.807, 2.05) is 33.8 Å². The maximum Gasteiger partial charge on any atom is 0.308 e. The number of hydrogen-bond acceptors (Lipinski definition) is 4. The smallest absolute Gasteiger partial charge is 0.308 e. The molecule has 0 N–H and O–H groups in total. The zero-order valence-electron chi connectivity index (χ0n) is 14.0. The van der Waals surface area contributed by atoms with Crippen molar-refractivity contribution < 1.29 is 19.1 Å². The van der Waals surface area contributed by atoms with E-state index >= 15 is 0 Å². The van der Waals surface area contributed by atoms with Crippen LogP contribution in [-0.2, 0) is 19.7 Å². The highest BCUT2D eigenvalue weighted by Crippen LogP contribution is 2.38. The Hall–Kier alpha value is -1.55. The van der Waals surface area contributed by atoms with E-state index in [1.54, 1.807) is 13.0 Å². The van der Waals surface area contributed by atoms with E-state index in [9.17, 15) is 9.59 Å². The first-order valence-corrected chi connectivity index (χ1v) is 7.60. The molecule has 0 amide bonds. The predicted molar refractivity (Wildman–Crippen MR) is 86.3 cm³/mol. The number of carbonyl (C=O) groups is 2. The van der Waals surface area contributed by atoms with Gasteiger partial charge in [-0.05, 0) is 38.0 Å². The van der Waals surface area contributed by atoms with Crippen LogP contribution < -0.4 is 4.74 Å². The summed E-state index contributed by atoms with van der Waals surface area (Å²) in [7, 11) is 0. The van der Waals surface area contributed by atoms with Gasteiger partial charge in [0.15, 0.2) is 5.56 Å². The number of halogens is 1. The van der Waals surface area contributed by atoms with Gasteiger partial charge in [-0.1, -0.05) is 31.5 Å². The molecule has 0 aliphatic heterocycles. The molecule has 1 aromatic carbocycles. The van der Waals surface area contributed by atoms with Crippen molar-refractivity contribution in [3.8, 4) is 5.75 Å². The van der Waals surface area contributed by atoms with Gasteiger partial charge in [-0.15, -0.1) is 0 Å². The molecule has 1 rings (SSSR count). The lowest BCUT2D eigenvalue weighted by Crippen LogP contribution is -2.26. The van der Waals surface area contributed by atoms with Gasteiger partial charge in [0.2, 0.25) is 0 Å². The van der Waals surface area contributed by atoms with E-state index in [0.29, 0.717) is 5.75 Å². The minimum atomic E-state index is -0.671. The van der Waals surface area contributed by atoms with Crippen molar-refractivity contribution in [1.82, 2.24) is 0 Å². The maximum atomic E-state index is 11.9. The van der Waals surface area contributed by atoms with Crippen molar-refractivity contribution in [3.05, 3.63) is 28.8 Å². The van der Waals surface area contributed by atoms with E-state index < -0.39 is 11.0 Å². The van der Waals surface area contributed by atoms with Crippen LogP contribution >= 0.6 is 11.6 Å². The molecule has 1 atom stereocenters. The van der Waals surface area contributed by atoms with Crippen LogP contribution in [0.4, 0.5) is 0 Å². The molecule has 0 fully saturated rings. The Bertz CT molecular complexity index is 576. The van der Waals surface area contributed by atoms with Gasteiger partial charge >= 0.3 is 11.9 Å². The summed E-state index contributed by atoms with van der Waals surface area (Å²) in [4.78, 5) is 23.3. The normalized spacial score (nSPS) is 12.7. The number of carbonyl (C=O) groups excluding carboxylic acids is 2. The molecule has 0 aromatic heterocycles. The number of rotatable bonds is 5. The molecule has 5 heteroatoms. The molecule has 1 unspecified atom stereocenters. The van der Waals surface area contributed by atoms with Crippen LogP contribution in [0.15, 0.2) is 12.1 Å². The fourth-order valence-electron chi connectivity index (χ4n) is 2.70. The molecule has 22 heavy (non-hydrogen) atoms. The van der Waals surface area contributed by atoms with Gasteiger partial charge in [-0.25, -0.2) is 0 Å². The van der Waals surface area contributed by atoms with E-state index in [0.717, 1.165) is 16.7 Å². The van der Waals surface area contributed by atoms with Crippen LogP contribution in [0.1, 0.15) is 50.8 Å². The molecule has 0 radical (unpaired) electrons. The second-order valence-electron chi connectivity index (χ2n) is 6.14. The predicted octanol–water partition coefficient (Wildman–Crippen LogP) is 4.02. The molecule has 0 spiro atoms. The summed E-state index contributed by atoms with van der Waals surface area (Å²) in [5.41, 5.74) is 1.56. The molecule has 122 valence electrons. The summed E-state index contributed by atoms with van der Waals surface area (Å²) in [6.45, 7) is 10.6. The second-order valence-corrected chi connectivity index (χ2v) is 6.76. The van der Waals surface area contributed by atoms with Crippen molar-refractivity contribution in [2.75, 3.05) is 0 Å². The lowest BCUT2D eigenvalue weighted by Gasteiger charge is -2.28. The minimum Gasteiger partial charge on any atom is -0.446 e. The largest absolute Gasteiger partial charge is 0.446 e. The highest BCUT2D eigenvalue weighted by molar-refractivity contribution is 6.19. The Morgan fingerprint density at radius 3 is 2.36 bits per heavy atom. The Labute approximate surface area is 136 Å². The highest BCUT2D eigenvalue weighted by Gasteiger charge is 2.31. The van der Waals surface area contributed by atoms with Gasteiger partial charge in [0.05, 0.1) is 6.42 Å². The number of esters is 2. The third kappa shape index (κ3) is 5.02. The van der Waals surface area contributed by atoms with Crippen molar-refractivity contribution >= 4 is 23.5 Å². The zero-order valence-corrected chi connectivity index (χ0v) is 14.7. The van der Waals surface area contributed by atoms with Gasteiger partial charge in [0.25, 0.3) is 0 Å². The Kier molecular flexibility index (Phi) is 6.00. The molecule has 1 aromatic rings. The number of aryl methyl sites for hydroxylation is 2. The van der Waals surface area contributed by atoms with Gasteiger partial charge in [0.1, 0.15) is 5.75 Å². The van der Waals surface area contributed by atoms with Crippen molar-refractivity contribution in [2.24, 2.45) is 0 Å². The van der Waals surface area contributed by atoms with Crippen LogP contribution in [0.2, 0.25) is 0 Å². The molecule has 0 aliphatic carbocycles. The number of benzene rings is 1. The summed E-state index contributed by atoms with van der Waals surface area (Å²) < 4.78 is 10.3. The average Bonchev–Trinajstić information content (AvgIpc) is 2.22. The van der Waals surface area contributed by atoms with Crippen LogP contribution in [0.3, 0.4) is 0 Å². The molecule has 0 heterocycles. The second kappa shape index (κ2) is 7.14. The SMILES string of the molecule is CC(=O)Oc1cc(C)cc(C)c1C(C)(C)CC(=O)OC(C)Cl. The molecular formula is C17H23ClO4. The van der Waals surface area contributed by atoms with Gasteiger partial charge in [-0.2, -0.15) is 0 Å². The summed E-state index contributed by atoms with van der Waals surface area (Å²) in [6, 6.07) is 3.81. The van der Waals surface area contributed by atoms with Crippen molar-refractivity contribution in [2.45, 2.75) is 58.9 Å². The van der Waals surface area contributed by atoms with Crippen LogP contribution in [0.5, 0.6) is 5.75 Å². The average molecular weight is 327 g/mol. The summed E-state index contributed by atoms with van der Waals surface area (Å²) in [6.07, 6.45) is 0.141. The summed E-state index contributed by atoms with van der Waals surface area (Å²) in [5, 5.41) is 0. The first kappa shape index (κ1) is 18.5. The van der Waals surface area contributed by atoms with Gasteiger partial charge in [0, 0.05) is 17.9 Å². The Balaban J connectivity index is 3.21. The van der Waals surface area contributed by atoms with Gasteiger partial charge in [-0.3, -0.25) is 9.59 Å². The monoisotopic (exact) mass is 326 g/mol.